The van der Waals surface area contributed by atoms with E-state index in [1.165, 1.54) is 15.9 Å². The van der Waals surface area contributed by atoms with Gasteiger partial charge in [0.25, 0.3) is 5.56 Å². The van der Waals surface area contributed by atoms with Crippen LogP contribution >= 0.6 is 49.9 Å². The first-order valence-electron chi connectivity index (χ1n) is 13.3. The molecule has 0 saturated heterocycles. The maximum absolute atomic E-state index is 14.1. The first-order chi connectivity index (χ1) is 20.0. The van der Waals surface area contributed by atoms with Crippen LogP contribution in [0.5, 0.6) is 11.5 Å². The first kappa shape index (κ1) is 32.0. The largest absolute Gasteiger partial charge is 0.491 e. The number of carbonyl (C=O) groups is 2. The van der Waals surface area contributed by atoms with E-state index in [9.17, 15) is 14.4 Å². The summed E-state index contributed by atoms with van der Waals surface area (Å²) in [6, 6.07) is 10.2. The van der Waals surface area contributed by atoms with Crippen LogP contribution in [0.25, 0.3) is 6.08 Å². The number of rotatable bonds is 10. The van der Waals surface area contributed by atoms with Gasteiger partial charge in [0.15, 0.2) is 11.4 Å². The summed E-state index contributed by atoms with van der Waals surface area (Å²) in [5.74, 6) is -0.0487. The molecule has 1 aromatic heterocycles. The molecule has 0 radical (unpaired) electrons. The molecule has 9 nitrogen and oxygen atoms in total. The third-order valence-electron chi connectivity index (χ3n) is 6.06. The summed E-state index contributed by atoms with van der Waals surface area (Å²) in [6.45, 7) is 9.16. The summed E-state index contributed by atoms with van der Waals surface area (Å²) in [6.07, 6.45) is 1.57. The van der Waals surface area contributed by atoms with Crippen LogP contribution in [0.1, 0.15) is 51.8 Å². The van der Waals surface area contributed by atoms with E-state index in [-0.39, 0.29) is 37.1 Å². The lowest BCUT2D eigenvalue weighted by Crippen LogP contribution is -2.40. The minimum absolute atomic E-state index is 0.134. The Morgan fingerprint density at radius 3 is 2.57 bits per heavy atom. The molecule has 0 aliphatic carbocycles. The zero-order chi connectivity index (χ0) is 30.6. The quantitative estimate of drug-likeness (QED) is 0.214. The fourth-order valence-electron chi connectivity index (χ4n) is 4.47. The van der Waals surface area contributed by atoms with E-state index in [4.69, 9.17) is 18.9 Å². The van der Waals surface area contributed by atoms with Crippen LogP contribution in [-0.4, -0.2) is 42.4 Å². The normalized spacial score (nSPS) is 14.9. The number of esters is 2. The molecule has 0 saturated carbocycles. The number of aromatic nitrogens is 1. The van der Waals surface area contributed by atoms with Gasteiger partial charge in [-0.25, -0.2) is 14.6 Å². The van der Waals surface area contributed by atoms with Crippen molar-refractivity contribution in [1.82, 2.24) is 4.57 Å². The predicted molar refractivity (Wildman–Crippen MR) is 172 cm³/mol. The van der Waals surface area contributed by atoms with Crippen molar-refractivity contribution in [3.63, 3.8) is 0 Å². The Morgan fingerprint density at radius 2 is 1.88 bits per heavy atom. The Morgan fingerprint density at radius 1 is 1.17 bits per heavy atom. The Balaban J connectivity index is 1.93. The van der Waals surface area contributed by atoms with Crippen molar-refractivity contribution in [2.24, 2.45) is 4.99 Å². The molecule has 4 rings (SSSR count). The van der Waals surface area contributed by atoms with Crippen molar-refractivity contribution < 1.29 is 28.5 Å². The first-order valence-corrected chi connectivity index (χ1v) is 16.0. The summed E-state index contributed by atoms with van der Waals surface area (Å²) >= 11 is 6.82. The van der Waals surface area contributed by atoms with E-state index in [2.05, 4.69) is 43.5 Å². The van der Waals surface area contributed by atoms with Gasteiger partial charge in [-0.2, -0.15) is 0 Å². The maximum Gasteiger partial charge on any atom is 0.344 e. The molecule has 0 fully saturated rings. The summed E-state index contributed by atoms with van der Waals surface area (Å²) < 4.78 is 25.7. The van der Waals surface area contributed by atoms with Gasteiger partial charge in [0.2, 0.25) is 0 Å². The standard InChI is InChI=1S/C30H30BrIN2O7S/c1-6-38-24(35)15-40-27-18(12-19(31)14-21(27)32)13-23-28(36)34-26(20-10-8-9-11-22(20)41-16(3)4)25(29(37)39-7-2)17(5)33-30(34)42-23/h8-14,16,26H,6-7,15H2,1-5H3/b23-13-/t26-/m1/s1. The van der Waals surface area contributed by atoms with Gasteiger partial charge in [0, 0.05) is 15.6 Å². The number of nitrogens with zero attached hydrogens (tertiary/aromatic N) is 2. The fraction of sp³-hybridized carbons (Fsp3) is 0.333. The molecular weight excluding hydrogens is 739 g/mol. The average molecular weight is 769 g/mol. The smallest absolute Gasteiger partial charge is 0.344 e. The molecule has 2 heterocycles. The fourth-order valence-corrected chi connectivity index (χ4v) is 7.21. The summed E-state index contributed by atoms with van der Waals surface area (Å²) in [5.41, 5.74) is 1.62. The highest BCUT2D eigenvalue weighted by atomic mass is 127. The van der Waals surface area contributed by atoms with Gasteiger partial charge in [0.05, 0.1) is 38.7 Å². The number of para-hydroxylation sites is 1. The van der Waals surface area contributed by atoms with E-state index < -0.39 is 18.0 Å². The van der Waals surface area contributed by atoms with E-state index in [0.717, 1.165) is 8.04 Å². The summed E-state index contributed by atoms with van der Waals surface area (Å²) in [4.78, 5) is 44.5. The minimum atomic E-state index is -0.820. The minimum Gasteiger partial charge on any atom is -0.491 e. The van der Waals surface area contributed by atoms with E-state index in [0.29, 0.717) is 37.7 Å². The number of hydrogen-bond acceptors (Lipinski definition) is 9. The van der Waals surface area contributed by atoms with Crippen molar-refractivity contribution in [2.45, 2.75) is 46.8 Å². The number of ether oxygens (including phenoxy) is 4. The Bertz CT molecular complexity index is 1730. The van der Waals surface area contributed by atoms with Crippen LogP contribution in [0.3, 0.4) is 0 Å². The molecule has 1 atom stereocenters. The molecule has 12 heteroatoms. The molecule has 1 aliphatic heterocycles. The summed E-state index contributed by atoms with van der Waals surface area (Å²) in [7, 11) is 0. The average Bonchev–Trinajstić information content (AvgIpc) is 3.21. The second-order valence-electron chi connectivity index (χ2n) is 9.41. The van der Waals surface area contributed by atoms with Crippen LogP contribution in [0.2, 0.25) is 0 Å². The predicted octanol–water partition coefficient (Wildman–Crippen LogP) is 4.89. The number of fused-ring (bicyclic) bond motifs is 1. The van der Waals surface area contributed by atoms with Gasteiger partial charge in [-0.05, 0) is 81.5 Å². The summed E-state index contributed by atoms with van der Waals surface area (Å²) in [5, 5.41) is 0. The number of benzene rings is 2. The lowest BCUT2D eigenvalue weighted by molar-refractivity contribution is -0.145. The number of thiazole rings is 1. The maximum atomic E-state index is 14.1. The Kier molecular flexibility index (Phi) is 10.7. The molecule has 1 aliphatic rings. The topological polar surface area (TPSA) is 105 Å². The van der Waals surface area contributed by atoms with Gasteiger partial charge in [-0.15, -0.1) is 0 Å². The number of halogens is 2. The van der Waals surface area contributed by atoms with Crippen molar-refractivity contribution in [3.8, 4) is 11.5 Å². The third-order valence-corrected chi connectivity index (χ3v) is 8.30. The molecule has 0 bridgehead atoms. The second kappa shape index (κ2) is 14.0. The molecule has 3 aromatic rings. The van der Waals surface area contributed by atoms with Gasteiger partial charge in [-0.1, -0.05) is 45.5 Å². The van der Waals surface area contributed by atoms with Crippen molar-refractivity contribution in [3.05, 3.63) is 86.5 Å². The Labute approximate surface area is 269 Å². The number of hydrogen-bond donors (Lipinski definition) is 0. The Hall–Kier alpha value is -2.97. The molecule has 0 amide bonds. The third kappa shape index (κ3) is 6.97. The second-order valence-corrected chi connectivity index (χ2v) is 12.5. The van der Waals surface area contributed by atoms with Gasteiger partial charge in [0.1, 0.15) is 17.5 Å². The van der Waals surface area contributed by atoms with Crippen LogP contribution < -0.4 is 24.4 Å². The van der Waals surface area contributed by atoms with Gasteiger partial charge in [-0.3, -0.25) is 9.36 Å². The van der Waals surface area contributed by atoms with Crippen LogP contribution in [0.15, 0.2) is 61.9 Å². The van der Waals surface area contributed by atoms with Crippen LogP contribution in [-0.2, 0) is 19.1 Å². The monoisotopic (exact) mass is 768 g/mol. The lowest BCUT2D eigenvalue weighted by Gasteiger charge is -2.26. The van der Waals surface area contributed by atoms with Crippen LogP contribution in [0, 0.1) is 3.57 Å². The van der Waals surface area contributed by atoms with Crippen molar-refractivity contribution >= 4 is 67.9 Å². The zero-order valence-corrected chi connectivity index (χ0v) is 28.3. The molecule has 42 heavy (non-hydrogen) atoms. The van der Waals surface area contributed by atoms with Crippen molar-refractivity contribution in [1.29, 1.82) is 0 Å². The highest BCUT2D eigenvalue weighted by Gasteiger charge is 2.35. The molecular formula is C30H30BrIN2O7S. The molecule has 0 N–H and O–H groups in total. The van der Waals surface area contributed by atoms with Gasteiger partial charge >= 0.3 is 11.9 Å². The highest BCUT2D eigenvalue weighted by Crippen LogP contribution is 2.36. The van der Waals surface area contributed by atoms with E-state index in [1.807, 2.05) is 44.2 Å². The highest BCUT2D eigenvalue weighted by molar-refractivity contribution is 14.1. The SMILES string of the molecule is CCOC(=O)COc1c(I)cc(Br)cc1/C=c1\sc2n(c1=O)[C@H](c1ccccc1OC(C)C)C(C(=O)OCC)=C(C)N=2. The molecule has 2 aromatic carbocycles. The van der Waals surface area contributed by atoms with Crippen LogP contribution in [0.4, 0.5) is 0 Å². The van der Waals surface area contributed by atoms with E-state index >= 15 is 0 Å². The van der Waals surface area contributed by atoms with Gasteiger partial charge < -0.3 is 18.9 Å². The lowest BCUT2D eigenvalue weighted by atomic mass is 9.95. The van der Waals surface area contributed by atoms with Crippen molar-refractivity contribution in [2.75, 3.05) is 19.8 Å². The molecule has 222 valence electrons. The zero-order valence-electron chi connectivity index (χ0n) is 23.7. The molecule has 0 spiro atoms. The number of allylic oxidation sites excluding steroid dienone is 1. The molecule has 0 unspecified atom stereocenters. The van der Waals surface area contributed by atoms with E-state index in [1.54, 1.807) is 32.9 Å². The number of carbonyl (C=O) groups excluding carboxylic acids is 2.